The second-order valence-electron chi connectivity index (χ2n) is 7.65. The second kappa shape index (κ2) is 12.5. The number of nitrogens with zero attached hydrogens (tertiary/aromatic N) is 1. The van der Waals surface area contributed by atoms with E-state index in [4.69, 9.17) is 48.3 Å². The largest absolute Gasteiger partial charge is 0.496 e. The number of ether oxygens (including phenoxy) is 5. The summed E-state index contributed by atoms with van der Waals surface area (Å²) in [6.07, 6.45) is 1.28. The molecule has 0 spiro atoms. The maximum absolute atomic E-state index is 9.10. The number of carboxylic acids is 2. The Bertz CT molecular complexity index is 1110. The van der Waals surface area contributed by atoms with Crippen LogP contribution in [0.25, 0.3) is 0 Å². The number of methoxy groups -OCH3 is 3. The van der Waals surface area contributed by atoms with Crippen molar-refractivity contribution in [1.82, 2.24) is 5.32 Å². The first kappa shape index (κ1) is 26.4. The summed E-state index contributed by atoms with van der Waals surface area (Å²) in [6.45, 7) is 1.49. The summed E-state index contributed by atoms with van der Waals surface area (Å²) in [4.78, 5) is 23.9. The quantitative estimate of drug-likeness (QED) is 0.430. The number of hydrogen-bond donors (Lipinski definition) is 3. The topological polar surface area (TPSA) is 154 Å². The van der Waals surface area contributed by atoms with Crippen LogP contribution in [-0.4, -0.2) is 68.6 Å². The molecule has 0 aliphatic carbocycles. The van der Waals surface area contributed by atoms with Gasteiger partial charge in [0, 0.05) is 37.1 Å². The van der Waals surface area contributed by atoms with E-state index >= 15 is 0 Å². The van der Waals surface area contributed by atoms with E-state index in [0.717, 1.165) is 29.0 Å². The van der Waals surface area contributed by atoms with Crippen LogP contribution >= 0.6 is 0 Å². The Morgan fingerprint density at radius 3 is 2.33 bits per heavy atom. The predicted octanol–water partition coefficient (Wildman–Crippen LogP) is 2.07. The highest BCUT2D eigenvalue weighted by Crippen LogP contribution is 2.49. The van der Waals surface area contributed by atoms with Gasteiger partial charge in [-0.1, -0.05) is 23.4 Å². The van der Waals surface area contributed by atoms with Gasteiger partial charge in [-0.2, -0.15) is 0 Å². The van der Waals surface area contributed by atoms with Crippen molar-refractivity contribution in [2.45, 2.75) is 25.5 Å². The lowest BCUT2D eigenvalue weighted by Crippen LogP contribution is -2.23. The minimum absolute atomic E-state index is 0.0768. The number of rotatable bonds is 9. The molecular formula is C24H28N2O10. The molecule has 2 aromatic rings. The summed E-state index contributed by atoms with van der Waals surface area (Å²) in [6, 6.07) is 9.87. The first-order valence-electron chi connectivity index (χ1n) is 10.9. The van der Waals surface area contributed by atoms with Crippen LogP contribution in [0.4, 0.5) is 0 Å². The molecule has 0 saturated heterocycles. The van der Waals surface area contributed by atoms with Crippen molar-refractivity contribution in [1.29, 1.82) is 0 Å². The predicted molar refractivity (Wildman–Crippen MR) is 126 cm³/mol. The number of fused-ring (bicyclic) bond motifs is 1. The number of aliphatic carboxylic acids is 2. The molecule has 36 heavy (non-hydrogen) atoms. The Kier molecular flexibility index (Phi) is 9.17. The fourth-order valence-electron chi connectivity index (χ4n) is 3.73. The van der Waals surface area contributed by atoms with Gasteiger partial charge in [0.2, 0.25) is 18.3 Å². The third-order valence-electron chi connectivity index (χ3n) is 5.33. The molecule has 0 bridgehead atoms. The molecule has 12 nitrogen and oxygen atoms in total. The monoisotopic (exact) mass is 504 g/mol. The van der Waals surface area contributed by atoms with E-state index in [9.17, 15) is 0 Å². The Hall–Kier alpha value is -4.19. The molecule has 194 valence electrons. The zero-order valence-corrected chi connectivity index (χ0v) is 20.1. The molecule has 3 N–H and O–H groups in total. The van der Waals surface area contributed by atoms with E-state index < -0.39 is 11.9 Å². The van der Waals surface area contributed by atoms with Gasteiger partial charge in [-0.15, -0.1) is 0 Å². The van der Waals surface area contributed by atoms with Crippen LogP contribution in [-0.2, 0) is 27.4 Å². The lowest BCUT2D eigenvalue weighted by molar-refractivity contribution is -0.159. The number of benzene rings is 2. The van der Waals surface area contributed by atoms with Crippen molar-refractivity contribution in [2.75, 3.05) is 34.7 Å². The molecule has 2 aromatic carbocycles. The Morgan fingerprint density at radius 1 is 0.972 bits per heavy atom. The molecule has 0 aromatic heterocycles. The molecule has 0 amide bonds. The maximum Gasteiger partial charge on any atom is 0.414 e. The molecule has 2 aliphatic rings. The van der Waals surface area contributed by atoms with Gasteiger partial charge in [0.05, 0.1) is 27.0 Å². The van der Waals surface area contributed by atoms with Crippen molar-refractivity contribution in [2.24, 2.45) is 5.16 Å². The first-order chi connectivity index (χ1) is 17.4. The van der Waals surface area contributed by atoms with Crippen molar-refractivity contribution < 1.29 is 48.3 Å². The van der Waals surface area contributed by atoms with Crippen molar-refractivity contribution in [3.8, 4) is 28.7 Å². The van der Waals surface area contributed by atoms with E-state index in [-0.39, 0.29) is 12.9 Å². The molecule has 2 heterocycles. The standard InChI is InChI=1S/C22H26N2O6.C2H2O4/c1-25-18-7-5-4-6-14(18)11-23-12-16-10-17(30-24-16)8-15-9-19(26-2)21-22(20(15)27-3)29-13-28-21;3-1(4)2(5)6/h4-7,9,17,23H,8,10-13H2,1-3H3;(H,3,4)(H,5,6). The van der Waals surface area contributed by atoms with E-state index in [1.165, 1.54) is 0 Å². The van der Waals surface area contributed by atoms with E-state index in [1.807, 2.05) is 30.3 Å². The number of carboxylic acid groups (broad SMARTS) is 2. The van der Waals surface area contributed by atoms with E-state index in [0.29, 0.717) is 42.5 Å². The van der Waals surface area contributed by atoms with Gasteiger partial charge >= 0.3 is 11.9 Å². The highest BCUT2D eigenvalue weighted by molar-refractivity contribution is 6.27. The van der Waals surface area contributed by atoms with Gasteiger partial charge in [0.15, 0.2) is 11.5 Å². The van der Waals surface area contributed by atoms with Crippen LogP contribution in [0.15, 0.2) is 35.5 Å². The molecule has 1 unspecified atom stereocenters. The summed E-state index contributed by atoms with van der Waals surface area (Å²) in [5.74, 6) is -0.362. The first-order valence-corrected chi connectivity index (χ1v) is 10.9. The minimum Gasteiger partial charge on any atom is -0.496 e. The maximum atomic E-state index is 9.10. The molecule has 1 atom stereocenters. The van der Waals surface area contributed by atoms with Crippen LogP contribution < -0.4 is 29.0 Å². The molecule has 0 fully saturated rings. The fourth-order valence-corrected chi connectivity index (χ4v) is 3.73. The number of hydrogen-bond acceptors (Lipinski definition) is 10. The summed E-state index contributed by atoms with van der Waals surface area (Å²) < 4.78 is 27.5. The van der Waals surface area contributed by atoms with Gasteiger partial charge in [-0.05, 0) is 12.1 Å². The van der Waals surface area contributed by atoms with Crippen LogP contribution in [0, 0.1) is 0 Å². The summed E-state index contributed by atoms with van der Waals surface area (Å²) in [7, 11) is 4.90. The van der Waals surface area contributed by atoms with Gasteiger partial charge in [0.25, 0.3) is 0 Å². The second-order valence-corrected chi connectivity index (χ2v) is 7.65. The smallest absolute Gasteiger partial charge is 0.414 e. The third kappa shape index (κ3) is 6.48. The zero-order chi connectivity index (χ0) is 26.1. The highest BCUT2D eigenvalue weighted by atomic mass is 16.7. The van der Waals surface area contributed by atoms with Gasteiger partial charge in [-0.3, -0.25) is 0 Å². The molecule has 4 rings (SSSR count). The number of carbonyl (C=O) groups is 2. The average molecular weight is 504 g/mol. The summed E-state index contributed by atoms with van der Waals surface area (Å²) in [5, 5.41) is 22.4. The number of nitrogens with one attached hydrogen (secondary N) is 1. The Labute approximate surface area is 207 Å². The van der Waals surface area contributed by atoms with Gasteiger partial charge in [-0.25, -0.2) is 9.59 Å². The Balaban J connectivity index is 0.000000538. The lowest BCUT2D eigenvalue weighted by Gasteiger charge is -2.16. The van der Waals surface area contributed by atoms with Crippen LogP contribution in [0.1, 0.15) is 17.5 Å². The molecule has 12 heteroatoms. The number of oxime groups is 1. The fraction of sp³-hybridized carbons (Fsp3) is 0.375. The van der Waals surface area contributed by atoms with Crippen molar-refractivity contribution >= 4 is 17.7 Å². The number of para-hydroxylation sites is 1. The van der Waals surface area contributed by atoms with E-state index in [1.54, 1.807) is 21.3 Å². The lowest BCUT2D eigenvalue weighted by atomic mass is 10.0. The summed E-state index contributed by atoms with van der Waals surface area (Å²) >= 11 is 0. The van der Waals surface area contributed by atoms with Crippen LogP contribution in [0.5, 0.6) is 28.7 Å². The van der Waals surface area contributed by atoms with Crippen molar-refractivity contribution in [3.63, 3.8) is 0 Å². The molecule has 2 aliphatic heterocycles. The molecule has 0 radical (unpaired) electrons. The van der Waals surface area contributed by atoms with Gasteiger partial charge < -0.3 is 44.1 Å². The van der Waals surface area contributed by atoms with Gasteiger partial charge in [0.1, 0.15) is 11.9 Å². The zero-order valence-electron chi connectivity index (χ0n) is 20.1. The molecular weight excluding hydrogens is 476 g/mol. The third-order valence-corrected chi connectivity index (χ3v) is 5.33. The normalized spacial score (nSPS) is 15.2. The molecule has 0 saturated carbocycles. The van der Waals surface area contributed by atoms with Crippen LogP contribution in [0.3, 0.4) is 0 Å². The Morgan fingerprint density at radius 2 is 1.67 bits per heavy atom. The van der Waals surface area contributed by atoms with Crippen molar-refractivity contribution in [3.05, 3.63) is 41.5 Å². The minimum atomic E-state index is -1.82. The average Bonchev–Trinajstić information content (AvgIpc) is 3.54. The summed E-state index contributed by atoms with van der Waals surface area (Å²) in [5.41, 5.74) is 3.01. The SMILES string of the molecule is COc1ccccc1CNCC1=NOC(Cc2cc(OC)c3c(c2OC)OCO3)C1.O=C(O)C(=O)O. The van der Waals surface area contributed by atoms with Crippen LogP contribution in [0.2, 0.25) is 0 Å². The van der Waals surface area contributed by atoms with E-state index in [2.05, 4.69) is 10.5 Å². The highest BCUT2D eigenvalue weighted by Gasteiger charge is 2.30.